The van der Waals surface area contributed by atoms with Crippen LogP contribution in [0.25, 0.3) is 0 Å². The Bertz CT molecular complexity index is 1080. The summed E-state index contributed by atoms with van der Waals surface area (Å²) in [6, 6.07) is 9.96. The molecule has 0 saturated carbocycles. The minimum Gasteiger partial charge on any atom is -0.323 e. The Morgan fingerprint density at radius 1 is 1.13 bits per heavy atom. The summed E-state index contributed by atoms with van der Waals surface area (Å²) in [6.07, 6.45) is 0. The van der Waals surface area contributed by atoms with E-state index in [1.54, 1.807) is 31.2 Å². The normalized spacial score (nSPS) is 16.6. The van der Waals surface area contributed by atoms with Crippen LogP contribution in [-0.4, -0.2) is 60.7 Å². The van der Waals surface area contributed by atoms with E-state index in [0.29, 0.717) is 13.1 Å². The molecule has 11 heteroatoms. The van der Waals surface area contributed by atoms with Gasteiger partial charge in [0.05, 0.1) is 26.6 Å². The number of sulfonamides is 1. The molecule has 0 spiro atoms. The van der Waals surface area contributed by atoms with Crippen LogP contribution in [0.2, 0.25) is 5.02 Å². The highest BCUT2D eigenvalue weighted by atomic mass is 35.5. The van der Waals surface area contributed by atoms with Crippen molar-refractivity contribution in [3.8, 4) is 0 Å². The van der Waals surface area contributed by atoms with Crippen molar-refractivity contribution >= 4 is 38.9 Å². The van der Waals surface area contributed by atoms with E-state index in [2.05, 4.69) is 5.32 Å². The summed E-state index contributed by atoms with van der Waals surface area (Å²) in [5, 5.41) is 13.8. The molecule has 0 aliphatic carbocycles. The van der Waals surface area contributed by atoms with Crippen LogP contribution in [0.1, 0.15) is 12.5 Å². The van der Waals surface area contributed by atoms with Crippen molar-refractivity contribution in [2.75, 3.05) is 31.5 Å². The number of nitro benzene ring substituents is 1. The zero-order valence-electron chi connectivity index (χ0n) is 17.1. The second-order valence-electron chi connectivity index (χ2n) is 7.34. The van der Waals surface area contributed by atoms with E-state index in [0.717, 1.165) is 5.56 Å². The van der Waals surface area contributed by atoms with Gasteiger partial charge in [-0.25, -0.2) is 8.42 Å². The second kappa shape index (κ2) is 9.31. The highest BCUT2D eigenvalue weighted by Crippen LogP contribution is 2.27. The molecule has 1 saturated heterocycles. The number of hydrogen-bond donors (Lipinski definition) is 1. The lowest BCUT2D eigenvalue weighted by atomic mass is 10.2. The minimum atomic E-state index is -3.59. The molecule has 2 aromatic carbocycles. The predicted molar refractivity (Wildman–Crippen MR) is 118 cm³/mol. The molecule has 1 fully saturated rings. The number of non-ortho nitro benzene ring substituents is 1. The van der Waals surface area contributed by atoms with E-state index < -0.39 is 21.0 Å². The van der Waals surface area contributed by atoms with Crippen LogP contribution in [0.3, 0.4) is 0 Å². The van der Waals surface area contributed by atoms with Crippen molar-refractivity contribution in [2.45, 2.75) is 24.8 Å². The van der Waals surface area contributed by atoms with Crippen molar-refractivity contribution in [1.29, 1.82) is 0 Å². The van der Waals surface area contributed by atoms with E-state index in [9.17, 15) is 23.3 Å². The summed E-state index contributed by atoms with van der Waals surface area (Å²) in [5.41, 5.74) is 0.961. The number of piperazine rings is 1. The first-order chi connectivity index (χ1) is 14.6. The van der Waals surface area contributed by atoms with Crippen molar-refractivity contribution < 1.29 is 18.1 Å². The number of carbonyl (C=O) groups is 1. The summed E-state index contributed by atoms with van der Waals surface area (Å²) in [5.74, 6) is -0.378. The lowest BCUT2D eigenvalue weighted by Gasteiger charge is -2.36. The van der Waals surface area contributed by atoms with Crippen LogP contribution in [-0.2, 0) is 14.8 Å². The molecule has 0 unspecified atom stereocenters. The molecule has 166 valence electrons. The SMILES string of the molecule is Cc1ccc(S(=O)(=O)N2CCN([C@@H](C)C(=O)Nc3cc([N+](=O)[O-])ccc3Cl)CC2)cc1. The third kappa shape index (κ3) is 5.21. The van der Waals surface area contributed by atoms with Crippen LogP contribution in [0.4, 0.5) is 11.4 Å². The van der Waals surface area contributed by atoms with E-state index in [4.69, 9.17) is 11.6 Å². The van der Waals surface area contributed by atoms with Crippen LogP contribution in [0.5, 0.6) is 0 Å². The number of amides is 1. The lowest BCUT2D eigenvalue weighted by Crippen LogP contribution is -2.53. The maximum atomic E-state index is 12.8. The Kier molecular flexibility index (Phi) is 6.95. The molecule has 0 bridgehead atoms. The van der Waals surface area contributed by atoms with Gasteiger partial charge in [0.1, 0.15) is 0 Å². The first kappa shape index (κ1) is 23.1. The third-order valence-electron chi connectivity index (χ3n) is 5.28. The molecular weight excluding hydrogens is 444 g/mol. The topological polar surface area (TPSA) is 113 Å². The second-order valence-corrected chi connectivity index (χ2v) is 9.68. The molecule has 1 heterocycles. The largest absolute Gasteiger partial charge is 0.323 e. The molecule has 3 rings (SSSR count). The smallest absolute Gasteiger partial charge is 0.271 e. The first-order valence-electron chi connectivity index (χ1n) is 9.65. The summed E-state index contributed by atoms with van der Waals surface area (Å²) < 4.78 is 27.1. The number of hydrogen-bond acceptors (Lipinski definition) is 6. The molecule has 9 nitrogen and oxygen atoms in total. The van der Waals surface area contributed by atoms with E-state index in [-0.39, 0.29) is 40.3 Å². The Morgan fingerprint density at radius 3 is 2.32 bits per heavy atom. The summed E-state index contributed by atoms with van der Waals surface area (Å²) in [7, 11) is -3.59. The van der Waals surface area contributed by atoms with Gasteiger partial charge in [0.15, 0.2) is 0 Å². The van der Waals surface area contributed by atoms with Gasteiger partial charge in [0.2, 0.25) is 15.9 Å². The van der Waals surface area contributed by atoms with Gasteiger partial charge < -0.3 is 5.32 Å². The average molecular weight is 467 g/mol. The Hall–Kier alpha value is -2.53. The molecule has 1 amide bonds. The van der Waals surface area contributed by atoms with Gasteiger partial charge in [-0.1, -0.05) is 29.3 Å². The molecule has 0 aromatic heterocycles. The fourth-order valence-corrected chi connectivity index (χ4v) is 4.90. The Balaban J connectivity index is 1.63. The highest BCUT2D eigenvalue weighted by Gasteiger charge is 2.32. The number of halogens is 1. The monoisotopic (exact) mass is 466 g/mol. The molecule has 1 aliphatic heterocycles. The fraction of sp³-hybridized carbons (Fsp3) is 0.350. The molecule has 2 aromatic rings. The van der Waals surface area contributed by atoms with Gasteiger partial charge in [-0.15, -0.1) is 0 Å². The maximum Gasteiger partial charge on any atom is 0.271 e. The summed E-state index contributed by atoms with van der Waals surface area (Å²) >= 11 is 6.05. The predicted octanol–water partition coefficient (Wildman–Crippen LogP) is 2.89. The quantitative estimate of drug-likeness (QED) is 0.517. The van der Waals surface area contributed by atoms with Gasteiger partial charge >= 0.3 is 0 Å². The molecule has 0 radical (unpaired) electrons. The minimum absolute atomic E-state index is 0.160. The van der Waals surface area contributed by atoms with Crippen molar-refractivity contribution in [3.05, 3.63) is 63.2 Å². The molecule has 1 atom stereocenters. The number of carbonyl (C=O) groups excluding carboxylic acids is 1. The Morgan fingerprint density at radius 2 is 1.74 bits per heavy atom. The van der Waals surface area contributed by atoms with Crippen LogP contribution in [0, 0.1) is 17.0 Å². The number of anilines is 1. The van der Waals surface area contributed by atoms with E-state index in [1.807, 2.05) is 11.8 Å². The lowest BCUT2D eigenvalue weighted by molar-refractivity contribution is -0.384. The van der Waals surface area contributed by atoms with Crippen molar-refractivity contribution in [3.63, 3.8) is 0 Å². The molecular formula is C20H23ClN4O5S. The number of nitrogens with zero attached hydrogens (tertiary/aromatic N) is 3. The van der Waals surface area contributed by atoms with Gasteiger partial charge in [-0.3, -0.25) is 19.8 Å². The number of rotatable bonds is 6. The summed E-state index contributed by atoms with van der Waals surface area (Å²) in [4.78, 5) is 25.2. The standard InChI is InChI=1S/C20H23ClN4O5S/c1-14-3-6-17(7-4-14)31(29,30)24-11-9-23(10-12-24)15(2)20(26)22-19-13-16(25(27)28)5-8-18(19)21/h3-8,13,15H,9-12H2,1-2H3,(H,22,26)/t15-/m0/s1. The highest BCUT2D eigenvalue weighted by molar-refractivity contribution is 7.89. The molecule has 1 N–H and O–H groups in total. The number of nitrogens with one attached hydrogen (secondary N) is 1. The molecule has 31 heavy (non-hydrogen) atoms. The third-order valence-corrected chi connectivity index (χ3v) is 7.52. The van der Waals surface area contributed by atoms with E-state index in [1.165, 1.54) is 22.5 Å². The zero-order chi connectivity index (χ0) is 22.8. The van der Waals surface area contributed by atoms with Gasteiger partial charge in [0, 0.05) is 38.3 Å². The Labute approximate surface area is 185 Å². The maximum absolute atomic E-state index is 12.8. The van der Waals surface area contributed by atoms with Crippen LogP contribution >= 0.6 is 11.6 Å². The van der Waals surface area contributed by atoms with Gasteiger partial charge in [-0.05, 0) is 32.0 Å². The van der Waals surface area contributed by atoms with Crippen molar-refractivity contribution in [1.82, 2.24) is 9.21 Å². The van der Waals surface area contributed by atoms with Crippen LogP contribution in [0.15, 0.2) is 47.4 Å². The number of aryl methyl sites for hydroxylation is 1. The number of nitro groups is 1. The average Bonchev–Trinajstić information content (AvgIpc) is 2.75. The first-order valence-corrected chi connectivity index (χ1v) is 11.5. The van der Waals surface area contributed by atoms with Gasteiger partial charge in [-0.2, -0.15) is 4.31 Å². The van der Waals surface area contributed by atoms with Crippen LogP contribution < -0.4 is 5.32 Å². The zero-order valence-corrected chi connectivity index (χ0v) is 18.7. The number of benzene rings is 2. The van der Waals surface area contributed by atoms with E-state index >= 15 is 0 Å². The fourth-order valence-electron chi connectivity index (χ4n) is 3.32. The van der Waals surface area contributed by atoms with Gasteiger partial charge in [0.25, 0.3) is 5.69 Å². The van der Waals surface area contributed by atoms with Crippen molar-refractivity contribution in [2.24, 2.45) is 0 Å². The molecule has 1 aliphatic rings. The summed E-state index contributed by atoms with van der Waals surface area (Å²) in [6.45, 7) is 4.86.